The van der Waals surface area contributed by atoms with Crippen LogP contribution in [0.25, 0.3) is 0 Å². The minimum atomic E-state index is -0.743. The molecular formula is C24H32I2O3. The van der Waals surface area contributed by atoms with Crippen LogP contribution in [0.2, 0.25) is 0 Å². The van der Waals surface area contributed by atoms with E-state index in [1.807, 2.05) is 39.8 Å². The number of ether oxygens (including phenoxy) is 3. The van der Waals surface area contributed by atoms with Crippen LogP contribution < -0.4 is 0 Å². The standard InChI is InChI=1S/C24H32I2O3/c1-19(25)27-23(3,17-15-21-11-7-5-8-12-21)29-24(4,28-20(2)26)18-16-22-13-9-6-10-14-22/h5-14,19-20H,15-18H2,1-4H3. The summed E-state index contributed by atoms with van der Waals surface area (Å²) in [6.45, 7) is 8.14. The van der Waals surface area contributed by atoms with E-state index in [-0.39, 0.29) is 8.22 Å². The second-order valence-electron chi connectivity index (χ2n) is 7.66. The zero-order valence-electron chi connectivity index (χ0n) is 17.7. The number of aryl methyl sites for hydroxylation is 2. The minimum Gasteiger partial charge on any atom is -0.337 e. The van der Waals surface area contributed by atoms with E-state index in [1.165, 1.54) is 11.1 Å². The lowest BCUT2D eigenvalue weighted by Crippen LogP contribution is -2.47. The van der Waals surface area contributed by atoms with Gasteiger partial charge in [0.1, 0.15) is 8.22 Å². The van der Waals surface area contributed by atoms with E-state index in [2.05, 4.69) is 93.7 Å². The lowest BCUT2D eigenvalue weighted by molar-refractivity contribution is -0.352. The van der Waals surface area contributed by atoms with Crippen LogP contribution in [-0.4, -0.2) is 19.8 Å². The number of alkyl halides is 2. The lowest BCUT2D eigenvalue weighted by Gasteiger charge is -2.41. The van der Waals surface area contributed by atoms with Crippen molar-refractivity contribution in [2.75, 3.05) is 0 Å². The fraction of sp³-hybridized carbons (Fsp3) is 0.500. The van der Waals surface area contributed by atoms with E-state index in [4.69, 9.17) is 14.2 Å². The molecule has 0 heterocycles. The summed E-state index contributed by atoms with van der Waals surface area (Å²) in [6.07, 6.45) is 3.28. The summed E-state index contributed by atoms with van der Waals surface area (Å²) in [7, 11) is 0. The zero-order valence-corrected chi connectivity index (χ0v) is 22.1. The molecule has 0 spiro atoms. The topological polar surface area (TPSA) is 27.7 Å². The molecule has 3 nitrogen and oxygen atoms in total. The molecule has 2 aromatic rings. The summed E-state index contributed by atoms with van der Waals surface area (Å²) in [4.78, 5) is 0. The average Bonchev–Trinajstić information content (AvgIpc) is 2.65. The molecule has 0 saturated carbocycles. The van der Waals surface area contributed by atoms with Crippen molar-refractivity contribution < 1.29 is 14.2 Å². The van der Waals surface area contributed by atoms with Crippen LogP contribution in [0.1, 0.15) is 51.7 Å². The van der Waals surface area contributed by atoms with Crippen LogP contribution in [0.4, 0.5) is 0 Å². The van der Waals surface area contributed by atoms with Gasteiger partial charge in [-0.25, -0.2) is 0 Å². The Balaban J connectivity index is 2.14. The molecule has 0 fully saturated rings. The van der Waals surface area contributed by atoms with Crippen LogP contribution in [0.5, 0.6) is 0 Å². The maximum atomic E-state index is 6.64. The highest BCUT2D eigenvalue weighted by Gasteiger charge is 2.39. The van der Waals surface area contributed by atoms with E-state index in [0.717, 1.165) is 25.7 Å². The molecular weight excluding hydrogens is 590 g/mol. The van der Waals surface area contributed by atoms with Crippen molar-refractivity contribution in [1.82, 2.24) is 0 Å². The summed E-state index contributed by atoms with van der Waals surface area (Å²) in [6, 6.07) is 20.9. The molecule has 0 aliphatic rings. The van der Waals surface area contributed by atoms with Crippen molar-refractivity contribution in [2.24, 2.45) is 0 Å². The Morgan fingerprint density at radius 2 is 1.03 bits per heavy atom. The third kappa shape index (κ3) is 9.63. The molecule has 5 heteroatoms. The molecule has 0 bridgehead atoms. The van der Waals surface area contributed by atoms with Gasteiger partial charge in [-0.1, -0.05) is 106 Å². The predicted octanol–water partition coefficient (Wildman–Crippen LogP) is 7.30. The van der Waals surface area contributed by atoms with E-state index >= 15 is 0 Å². The number of halogens is 2. The normalized spacial score (nSPS) is 17.9. The Morgan fingerprint density at radius 1 is 0.690 bits per heavy atom. The number of hydrogen-bond donors (Lipinski definition) is 0. The van der Waals surface area contributed by atoms with Gasteiger partial charge in [0.15, 0.2) is 11.6 Å². The van der Waals surface area contributed by atoms with Gasteiger partial charge in [-0.15, -0.1) is 0 Å². The largest absolute Gasteiger partial charge is 0.337 e. The predicted molar refractivity (Wildman–Crippen MR) is 137 cm³/mol. The van der Waals surface area contributed by atoms with Crippen LogP contribution in [0.15, 0.2) is 60.7 Å². The third-order valence-corrected chi connectivity index (χ3v) is 5.18. The molecule has 2 rings (SSSR count). The summed E-state index contributed by atoms with van der Waals surface area (Å²) in [5.74, 6) is -1.49. The first kappa shape index (κ1) is 25.0. The maximum Gasteiger partial charge on any atom is 0.170 e. The number of benzene rings is 2. The Labute approximate surface area is 203 Å². The number of hydrogen-bond acceptors (Lipinski definition) is 3. The zero-order chi connectivity index (χ0) is 21.3. The minimum absolute atomic E-state index is 0.0313. The second kappa shape index (κ2) is 12.0. The van der Waals surface area contributed by atoms with Crippen LogP contribution in [0, 0.1) is 0 Å². The highest BCUT2D eigenvalue weighted by Crippen LogP contribution is 2.34. The summed E-state index contributed by atoms with van der Waals surface area (Å²) >= 11 is 4.57. The molecule has 0 saturated heterocycles. The summed E-state index contributed by atoms with van der Waals surface area (Å²) in [5, 5.41) is 0. The van der Waals surface area contributed by atoms with E-state index < -0.39 is 11.6 Å². The van der Waals surface area contributed by atoms with Crippen molar-refractivity contribution in [3.8, 4) is 0 Å². The van der Waals surface area contributed by atoms with Crippen molar-refractivity contribution in [1.29, 1.82) is 0 Å². The average molecular weight is 622 g/mol. The molecule has 0 amide bonds. The van der Waals surface area contributed by atoms with Gasteiger partial charge in [0.25, 0.3) is 0 Å². The van der Waals surface area contributed by atoms with Gasteiger partial charge in [0.05, 0.1) is 0 Å². The van der Waals surface area contributed by atoms with Gasteiger partial charge in [0.2, 0.25) is 0 Å². The maximum absolute atomic E-state index is 6.64. The van der Waals surface area contributed by atoms with Crippen molar-refractivity contribution in [3.63, 3.8) is 0 Å². The molecule has 2 aromatic carbocycles. The van der Waals surface area contributed by atoms with Crippen LogP contribution in [0.3, 0.4) is 0 Å². The van der Waals surface area contributed by atoms with Gasteiger partial charge >= 0.3 is 0 Å². The number of rotatable bonds is 12. The van der Waals surface area contributed by atoms with Gasteiger partial charge in [-0.3, -0.25) is 0 Å². The molecule has 0 aliphatic heterocycles. The fourth-order valence-electron chi connectivity index (χ4n) is 3.44. The van der Waals surface area contributed by atoms with Crippen molar-refractivity contribution >= 4 is 45.2 Å². The first-order valence-corrected chi connectivity index (χ1v) is 12.6. The van der Waals surface area contributed by atoms with E-state index in [1.54, 1.807) is 0 Å². The Hall–Kier alpha value is -0.220. The molecule has 4 atom stereocenters. The molecule has 0 aromatic heterocycles. The first-order chi connectivity index (χ1) is 13.7. The highest BCUT2D eigenvalue weighted by molar-refractivity contribution is 14.1. The van der Waals surface area contributed by atoms with Crippen LogP contribution >= 0.6 is 45.2 Å². The Kier molecular flexibility index (Phi) is 10.3. The molecule has 4 unspecified atom stereocenters. The van der Waals surface area contributed by atoms with Crippen molar-refractivity contribution in [3.05, 3.63) is 71.8 Å². The monoisotopic (exact) mass is 622 g/mol. The van der Waals surface area contributed by atoms with Crippen molar-refractivity contribution in [2.45, 2.75) is 73.2 Å². The first-order valence-electron chi connectivity index (χ1n) is 10.1. The SMILES string of the molecule is CC(I)OC(C)(CCc1ccccc1)OC(C)(CCc1ccccc1)OC(C)I. The summed E-state index contributed by atoms with van der Waals surface area (Å²) in [5.41, 5.74) is 2.56. The molecule has 0 N–H and O–H groups in total. The van der Waals surface area contributed by atoms with Crippen LogP contribution in [-0.2, 0) is 27.1 Å². The molecule has 29 heavy (non-hydrogen) atoms. The fourth-order valence-corrected chi connectivity index (χ4v) is 4.52. The third-order valence-electron chi connectivity index (χ3n) is 4.68. The highest BCUT2D eigenvalue weighted by atomic mass is 127. The second-order valence-corrected chi connectivity index (χ2v) is 11.2. The van der Waals surface area contributed by atoms with Gasteiger partial charge < -0.3 is 14.2 Å². The summed E-state index contributed by atoms with van der Waals surface area (Å²) < 4.78 is 19.2. The van der Waals surface area contributed by atoms with Gasteiger partial charge in [0, 0.05) is 12.8 Å². The smallest absolute Gasteiger partial charge is 0.170 e. The van der Waals surface area contributed by atoms with Gasteiger partial charge in [-0.2, -0.15) is 0 Å². The van der Waals surface area contributed by atoms with E-state index in [9.17, 15) is 0 Å². The molecule has 0 aliphatic carbocycles. The Bertz CT molecular complexity index is 647. The lowest BCUT2D eigenvalue weighted by atomic mass is 10.0. The van der Waals surface area contributed by atoms with Gasteiger partial charge in [-0.05, 0) is 51.7 Å². The molecule has 0 radical (unpaired) electrons. The van der Waals surface area contributed by atoms with E-state index in [0.29, 0.717) is 0 Å². The quantitative estimate of drug-likeness (QED) is 0.141. The molecule has 160 valence electrons. The Morgan fingerprint density at radius 3 is 1.34 bits per heavy atom.